The first kappa shape index (κ1) is 18.1. The summed E-state index contributed by atoms with van der Waals surface area (Å²) in [5.74, 6) is 1.57. The first-order chi connectivity index (χ1) is 11.5. The van der Waals surface area contributed by atoms with Crippen molar-refractivity contribution in [3.63, 3.8) is 0 Å². The Morgan fingerprint density at radius 1 is 1.17 bits per heavy atom. The normalized spacial score (nSPS) is 12.2. The van der Waals surface area contributed by atoms with Gasteiger partial charge in [-0.3, -0.25) is 14.2 Å². The molecule has 1 aromatic carbocycles. The molecular weight excluding hydrogens is 308 g/mol. The number of aliphatic hydroxyl groups excluding tert-OH is 1. The minimum Gasteiger partial charge on any atom is -0.491 e. The molecule has 0 saturated carbocycles. The molecule has 0 amide bonds. The lowest BCUT2D eigenvalue weighted by Crippen LogP contribution is -2.34. The van der Waals surface area contributed by atoms with Crippen molar-refractivity contribution in [2.45, 2.75) is 13.0 Å². The van der Waals surface area contributed by atoms with Gasteiger partial charge in [0.25, 0.3) is 5.56 Å². The van der Waals surface area contributed by atoms with Gasteiger partial charge in [-0.25, -0.2) is 0 Å². The summed E-state index contributed by atoms with van der Waals surface area (Å²) in [6.07, 6.45) is -0.576. The number of ether oxygens (including phenoxy) is 1. The van der Waals surface area contributed by atoms with Crippen molar-refractivity contribution in [2.24, 2.45) is 14.1 Å². The Balaban J connectivity index is 1.64. The molecule has 7 heteroatoms. The molecule has 3 N–H and O–H groups in total. The summed E-state index contributed by atoms with van der Waals surface area (Å²) in [4.78, 5) is 11.8. The number of benzene rings is 1. The Labute approximate surface area is 141 Å². The van der Waals surface area contributed by atoms with Crippen LogP contribution in [0.15, 0.2) is 35.1 Å². The van der Waals surface area contributed by atoms with Gasteiger partial charge in [0.15, 0.2) is 0 Å². The van der Waals surface area contributed by atoms with Crippen LogP contribution in [0.1, 0.15) is 5.56 Å². The van der Waals surface area contributed by atoms with E-state index >= 15 is 0 Å². The topological polar surface area (TPSA) is 80.4 Å². The van der Waals surface area contributed by atoms with Crippen molar-refractivity contribution in [1.82, 2.24) is 14.7 Å². The zero-order valence-electron chi connectivity index (χ0n) is 14.5. The number of nitrogens with zero attached hydrogens (tertiary/aromatic N) is 2. The monoisotopic (exact) mass is 334 g/mol. The molecule has 0 radical (unpaired) electrons. The minimum atomic E-state index is -0.576. The van der Waals surface area contributed by atoms with Crippen LogP contribution in [0.5, 0.6) is 5.75 Å². The summed E-state index contributed by atoms with van der Waals surface area (Å²) < 4.78 is 8.85. The second-order valence-electron chi connectivity index (χ2n) is 5.73. The molecule has 0 spiro atoms. The Morgan fingerprint density at radius 2 is 1.88 bits per heavy atom. The quantitative estimate of drug-likeness (QED) is 0.581. The van der Waals surface area contributed by atoms with Crippen molar-refractivity contribution >= 4 is 5.82 Å². The summed E-state index contributed by atoms with van der Waals surface area (Å²) in [5, 5.41) is 16.3. The molecule has 1 atom stereocenters. The molecule has 0 bridgehead atoms. The highest BCUT2D eigenvalue weighted by atomic mass is 16.5. The Morgan fingerprint density at radius 3 is 2.50 bits per heavy atom. The van der Waals surface area contributed by atoms with Crippen LogP contribution in [0, 0.1) is 6.92 Å². The molecule has 0 aliphatic heterocycles. The smallest absolute Gasteiger partial charge is 0.271 e. The van der Waals surface area contributed by atoms with Gasteiger partial charge >= 0.3 is 0 Å². The Bertz CT molecular complexity index is 694. The van der Waals surface area contributed by atoms with E-state index in [2.05, 4.69) is 10.6 Å². The summed E-state index contributed by atoms with van der Waals surface area (Å²) in [6, 6.07) is 9.42. The number of nitrogens with one attached hydrogen (secondary N) is 2. The average Bonchev–Trinajstić information content (AvgIpc) is 2.78. The third-order valence-electron chi connectivity index (χ3n) is 3.90. The van der Waals surface area contributed by atoms with E-state index in [1.165, 1.54) is 0 Å². The minimum absolute atomic E-state index is 0.00134. The lowest BCUT2D eigenvalue weighted by atomic mass is 10.3. The molecule has 132 valence electrons. The van der Waals surface area contributed by atoms with Crippen molar-refractivity contribution in [1.29, 1.82) is 0 Å². The molecule has 2 rings (SSSR count). The van der Waals surface area contributed by atoms with Gasteiger partial charge in [-0.15, -0.1) is 0 Å². The Kier molecular flexibility index (Phi) is 6.45. The predicted octanol–water partition coefficient (Wildman–Crippen LogP) is 0.474. The maximum Gasteiger partial charge on any atom is 0.271 e. The van der Waals surface area contributed by atoms with Gasteiger partial charge in [0.05, 0.1) is 5.56 Å². The highest BCUT2D eigenvalue weighted by molar-refractivity contribution is 5.43. The maximum absolute atomic E-state index is 11.8. The van der Waals surface area contributed by atoms with E-state index < -0.39 is 6.10 Å². The standard InChI is InChI=1S/C17H26N4O3/c1-13-16(20(2)21(3)17(13)23)19-10-9-18-11-14(22)12-24-15-7-5-4-6-8-15/h4-8,14,18-19,22H,9-12H2,1-3H3. The van der Waals surface area contributed by atoms with E-state index in [0.29, 0.717) is 25.2 Å². The number of aromatic nitrogens is 2. The fourth-order valence-corrected chi connectivity index (χ4v) is 2.43. The van der Waals surface area contributed by atoms with Crippen molar-refractivity contribution in [3.05, 3.63) is 46.2 Å². The maximum atomic E-state index is 11.8. The fraction of sp³-hybridized carbons (Fsp3) is 0.471. The fourth-order valence-electron chi connectivity index (χ4n) is 2.43. The molecule has 0 saturated heterocycles. The van der Waals surface area contributed by atoms with Crippen LogP contribution in [0.2, 0.25) is 0 Å². The molecule has 0 aliphatic rings. The largest absolute Gasteiger partial charge is 0.491 e. The van der Waals surface area contributed by atoms with E-state index in [0.717, 1.165) is 11.6 Å². The second kappa shape index (κ2) is 8.56. The summed E-state index contributed by atoms with van der Waals surface area (Å²) in [5.41, 5.74) is 0.706. The summed E-state index contributed by atoms with van der Waals surface area (Å²) >= 11 is 0. The SMILES string of the molecule is Cc1c(NCCNCC(O)COc2ccccc2)n(C)n(C)c1=O. The molecule has 0 fully saturated rings. The summed E-state index contributed by atoms with van der Waals surface area (Å²) in [6.45, 7) is 3.83. The van der Waals surface area contributed by atoms with Gasteiger partial charge in [-0.05, 0) is 19.1 Å². The van der Waals surface area contributed by atoms with Gasteiger partial charge in [-0.2, -0.15) is 0 Å². The van der Waals surface area contributed by atoms with E-state index in [1.807, 2.05) is 44.3 Å². The van der Waals surface area contributed by atoms with E-state index in [9.17, 15) is 9.90 Å². The molecule has 1 heterocycles. The molecule has 1 unspecified atom stereocenters. The number of para-hydroxylation sites is 1. The van der Waals surface area contributed by atoms with Crippen LogP contribution in [-0.2, 0) is 14.1 Å². The van der Waals surface area contributed by atoms with Crippen LogP contribution in [0.4, 0.5) is 5.82 Å². The number of anilines is 1. The van der Waals surface area contributed by atoms with E-state index in [-0.39, 0.29) is 12.2 Å². The van der Waals surface area contributed by atoms with Crippen LogP contribution >= 0.6 is 0 Å². The van der Waals surface area contributed by atoms with Gasteiger partial charge in [0, 0.05) is 33.7 Å². The van der Waals surface area contributed by atoms with E-state index in [1.54, 1.807) is 16.4 Å². The first-order valence-electron chi connectivity index (χ1n) is 8.03. The van der Waals surface area contributed by atoms with E-state index in [4.69, 9.17) is 4.74 Å². The second-order valence-corrected chi connectivity index (χ2v) is 5.73. The Hall–Kier alpha value is -2.25. The highest BCUT2D eigenvalue weighted by Crippen LogP contribution is 2.09. The molecule has 2 aromatic rings. The van der Waals surface area contributed by atoms with Gasteiger partial charge in [0.1, 0.15) is 24.3 Å². The first-order valence-corrected chi connectivity index (χ1v) is 8.03. The number of aliphatic hydroxyl groups is 1. The highest BCUT2D eigenvalue weighted by Gasteiger charge is 2.11. The third kappa shape index (κ3) is 4.62. The van der Waals surface area contributed by atoms with Crippen LogP contribution in [-0.4, -0.2) is 46.8 Å². The molecule has 7 nitrogen and oxygen atoms in total. The van der Waals surface area contributed by atoms with Gasteiger partial charge in [-0.1, -0.05) is 18.2 Å². The van der Waals surface area contributed by atoms with Crippen molar-refractivity contribution in [3.8, 4) is 5.75 Å². The third-order valence-corrected chi connectivity index (χ3v) is 3.90. The zero-order valence-corrected chi connectivity index (χ0v) is 14.5. The zero-order chi connectivity index (χ0) is 17.5. The van der Waals surface area contributed by atoms with Crippen LogP contribution in [0.25, 0.3) is 0 Å². The molecule has 24 heavy (non-hydrogen) atoms. The number of rotatable bonds is 9. The lowest BCUT2D eigenvalue weighted by Gasteiger charge is -2.14. The van der Waals surface area contributed by atoms with Crippen LogP contribution in [0.3, 0.4) is 0 Å². The van der Waals surface area contributed by atoms with Crippen molar-refractivity contribution in [2.75, 3.05) is 31.6 Å². The average molecular weight is 334 g/mol. The van der Waals surface area contributed by atoms with Crippen molar-refractivity contribution < 1.29 is 9.84 Å². The number of hydrogen-bond acceptors (Lipinski definition) is 5. The molecular formula is C17H26N4O3. The van der Waals surface area contributed by atoms with Gasteiger partial charge in [0.2, 0.25) is 0 Å². The predicted molar refractivity (Wildman–Crippen MR) is 94.7 cm³/mol. The summed E-state index contributed by atoms with van der Waals surface area (Å²) in [7, 11) is 3.58. The number of hydrogen-bond donors (Lipinski definition) is 3. The van der Waals surface area contributed by atoms with Crippen LogP contribution < -0.4 is 20.9 Å². The lowest BCUT2D eigenvalue weighted by molar-refractivity contribution is 0.107. The van der Waals surface area contributed by atoms with Gasteiger partial charge < -0.3 is 20.5 Å². The molecule has 1 aromatic heterocycles. The molecule has 0 aliphatic carbocycles.